The van der Waals surface area contributed by atoms with Crippen LogP contribution in [0.3, 0.4) is 0 Å². The molecule has 2 fully saturated rings. The van der Waals surface area contributed by atoms with Crippen molar-refractivity contribution < 1.29 is 18.7 Å². The molecule has 2 saturated heterocycles. The number of methoxy groups -OCH3 is 1. The van der Waals surface area contributed by atoms with E-state index in [4.69, 9.17) is 14.1 Å². The number of aromatic nitrogens is 2. The number of furan rings is 1. The lowest BCUT2D eigenvalue weighted by atomic mass is 10.2. The summed E-state index contributed by atoms with van der Waals surface area (Å²) < 4.78 is 11.3. The summed E-state index contributed by atoms with van der Waals surface area (Å²) in [5, 5.41) is 0.654. The van der Waals surface area contributed by atoms with Crippen LogP contribution in [0.5, 0.6) is 0 Å². The molecule has 0 atom stereocenters. The lowest BCUT2D eigenvalue weighted by Gasteiger charge is -2.35. The number of ether oxygens (including phenoxy) is 1. The minimum absolute atomic E-state index is 0.0367. The summed E-state index contributed by atoms with van der Waals surface area (Å²) in [5.74, 6) is 2.30. The highest BCUT2D eigenvalue weighted by Crippen LogP contribution is 2.25. The van der Waals surface area contributed by atoms with Gasteiger partial charge in [0.2, 0.25) is 5.91 Å². The van der Waals surface area contributed by atoms with Gasteiger partial charge in [-0.15, -0.1) is 0 Å². The normalized spacial score (nSPS) is 16.4. The number of nitrogens with zero attached hydrogens (tertiary/aromatic N) is 6. The van der Waals surface area contributed by atoms with Crippen LogP contribution < -0.4 is 4.90 Å². The number of thioether (sulfide) groups is 1. The van der Waals surface area contributed by atoms with Crippen LogP contribution in [0, 0.1) is 0 Å². The van der Waals surface area contributed by atoms with E-state index < -0.39 is 0 Å². The second-order valence-electron chi connectivity index (χ2n) is 10.0. The van der Waals surface area contributed by atoms with Crippen LogP contribution in [0.4, 0.5) is 5.82 Å². The molecule has 2 amide bonds. The van der Waals surface area contributed by atoms with Crippen molar-refractivity contribution in [2.45, 2.75) is 31.0 Å². The Hall–Kier alpha value is -3.41. The molecule has 2 aromatic heterocycles. The number of rotatable bonds is 9. The van der Waals surface area contributed by atoms with Crippen molar-refractivity contribution in [1.29, 1.82) is 0 Å². The van der Waals surface area contributed by atoms with Crippen molar-refractivity contribution in [2.24, 2.45) is 0 Å². The zero-order valence-corrected chi connectivity index (χ0v) is 23.9. The van der Waals surface area contributed by atoms with Crippen LogP contribution in [0.15, 0.2) is 58.1 Å². The Balaban J connectivity index is 1.18. The number of hydrogen-bond acceptors (Lipinski definition) is 9. The number of piperazine rings is 2. The second-order valence-corrected chi connectivity index (χ2v) is 11.0. The number of hydrogen-bond donors (Lipinski definition) is 0. The summed E-state index contributed by atoms with van der Waals surface area (Å²) in [6.45, 7) is 8.74. The molecular formula is C29H36N6O4S. The van der Waals surface area contributed by atoms with Gasteiger partial charge in [-0.3, -0.25) is 14.5 Å². The first kappa shape index (κ1) is 28.1. The molecule has 0 N–H and O–H groups in total. The minimum Gasteiger partial charge on any atom is -0.455 e. The van der Waals surface area contributed by atoms with Gasteiger partial charge < -0.3 is 23.9 Å². The lowest BCUT2D eigenvalue weighted by molar-refractivity contribution is -0.130. The van der Waals surface area contributed by atoms with Crippen LogP contribution in [0.1, 0.15) is 34.5 Å². The van der Waals surface area contributed by atoms with Crippen LogP contribution in [-0.2, 0) is 28.4 Å². The van der Waals surface area contributed by atoms with Gasteiger partial charge in [-0.1, -0.05) is 42.1 Å². The number of carbonyl (C=O) groups excluding carboxylic acids is 2. The molecule has 0 unspecified atom stereocenters. The minimum atomic E-state index is -0.147. The fourth-order valence-electron chi connectivity index (χ4n) is 4.97. The van der Waals surface area contributed by atoms with E-state index in [1.165, 1.54) is 17.3 Å². The van der Waals surface area contributed by atoms with Gasteiger partial charge in [-0.05, 0) is 17.7 Å². The van der Waals surface area contributed by atoms with Crippen molar-refractivity contribution in [3.8, 4) is 0 Å². The molecule has 0 radical (unpaired) electrons. The first-order valence-electron chi connectivity index (χ1n) is 13.6. The topological polar surface area (TPSA) is 95.2 Å². The summed E-state index contributed by atoms with van der Waals surface area (Å²) in [6, 6.07) is 16.1. The van der Waals surface area contributed by atoms with E-state index in [1.807, 2.05) is 12.1 Å². The van der Waals surface area contributed by atoms with Crippen molar-refractivity contribution >= 4 is 29.4 Å². The van der Waals surface area contributed by atoms with Crippen molar-refractivity contribution in [1.82, 2.24) is 24.7 Å². The van der Waals surface area contributed by atoms with Crippen LogP contribution >= 0.6 is 11.8 Å². The predicted octanol–water partition coefficient (Wildman–Crippen LogP) is 3.13. The third-order valence-electron chi connectivity index (χ3n) is 7.21. The largest absolute Gasteiger partial charge is 0.455 e. The van der Waals surface area contributed by atoms with E-state index in [9.17, 15) is 9.59 Å². The summed E-state index contributed by atoms with van der Waals surface area (Å²) >= 11 is 1.48. The van der Waals surface area contributed by atoms with E-state index in [0.29, 0.717) is 55.2 Å². The molecule has 11 heteroatoms. The van der Waals surface area contributed by atoms with E-state index in [2.05, 4.69) is 45.1 Å². The van der Waals surface area contributed by atoms with Gasteiger partial charge in [-0.2, -0.15) is 0 Å². The summed E-state index contributed by atoms with van der Waals surface area (Å²) in [4.78, 5) is 42.3. The standard InChI is InChI=1S/C29H36N6O4S/c1-22(36)33-14-16-35(17-15-33)28(37)26-9-8-25(39-26)21-40-29-30-24(20-38-2)18-27(31-29)34-12-10-32(11-13-34)19-23-6-4-3-5-7-23/h3-9,18H,10-17,19-21H2,1-2H3. The third-order valence-corrected chi connectivity index (χ3v) is 8.08. The third kappa shape index (κ3) is 7.21. The van der Waals surface area contributed by atoms with Gasteiger partial charge in [0.05, 0.1) is 18.1 Å². The van der Waals surface area contributed by atoms with Gasteiger partial charge >= 0.3 is 0 Å². The monoisotopic (exact) mass is 564 g/mol. The number of benzene rings is 1. The second kappa shape index (κ2) is 13.3. The van der Waals surface area contributed by atoms with Crippen LogP contribution in [0.2, 0.25) is 0 Å². The molecule has 2 aliphatic heterocycles. The van der Waals surface area contributed by atoms with Gasteiger partial charge in [0.1, 0.15) is 11.6 Å². The molecule has 0 spiro atoms. The molecule has 0 aliphatic carbocycles. The maximum atomic E-state index is 12.9. The summed E-state index contributed by atoms with van der Waals surface area (Å²) in [5.41, 5.74) is 2.17. The van der Waals surface area contributed by atoms with Gasteiger partial charge in [0.15, 0.2) is 10.9 Å². The average molecular weight is 565 g/mol. The lowest BCUT2D eigenvalue weighted by Crippen LogP contribution is -2.50. The van der Waals surface area contributed by atoms with Crippen LogP contribution in [-0.4, -0.2) is 95.9 Å². The van der Waals surface area contributed by atoms with Crippen molar-refractivity contribution in [3.05, 3.63) is 71.3 Å². The van der Waals surface area contributed by atoms with Crippen LogP contribution in [0.25, 0.3) is 0 Å². The first-order valence-corrected chi connectivity index (χ1v) is 14.6. The molecule has 4 heterocycles. The molecule has 40 heavy (non-hydrogen) atoms. The average Bonchev–Trinajstić information content (AvgIpc) is 3.46. The highest BCUT2D eigenvalue weighted by atomic mass is 32.2. The fourth-order valence-corrected chi connectivity index (χ4v) is 5.74. The molecular weight excluding hydrogens is 528 g/mol. The van der Waals surface area contributed by atoms with E-state index in [-0.39, 0.29) is 11.8 Å². The zero-order chi connectivity index (χ0) is 27.9. The SMILES string of the molecule is COCc1cc(N2CCN(Cc3ccccc3)CC2)nc(SCc2ccc(C(=O)N3CCN(C(C)=O)CC3)o2)n1. The quantitative estimate of drug-likeness (QED) is 0.287. The maximum Gasteiger partial charge on any atom is 0.289 e. The van der Waals surface area contributed by atoms with Gasteiger partial charge in [0.25, 0.3) is 5.91 Å². The summed E-state index contributed by atoms with van der Waals surface area (Å²) in [7, 11) is 1.66. The molecule has 2 aliphatic rings. The fraction of sp³-hybridized carbons (Fsp3) is 0.448. The zero-order valence-electron chi connectivity index (χ0n) is 23.1. The number of anilines is 1. The van der Waals surface area contributed by atoms with Crippen molar-refractivity contribution in [2.75, 3.05) is 64.4 Å². The molecule has 3 aromatic rings. The molecule has 1 aromatic carbocycles. The Bertz CT molecular complexity index is 1290. The molecule has 5 rings (SSSR count). The number of amides is 2. The molecule has 10 nitrogen and oxygen atoms in total. The van der Waals surface area contributed by atoms with Gasteiger partial charge in [-0.25, -0.2) is 9.97 Å². The van der Waals surface area contributed by atoms with E-state index in [1.54, 1.807) is 29.9 Å². The highest BCUT2D eigenvalue weighted by molar-refractivity contribution is 7.98. The smallest absolute Gasteiger partial charge is 0.289 e. The Morgan fingerprint density at radius 2 is 1.65 bits per heavy atom. The first-order chi connectivity index (χ1) is 19.5. The van der Waals surface area contributed by atoms with E-state index in [0.717, 1.165) is 44.2 Å². The Labute approximate surface area is 239 Å². The molecule has 212 valence electrons. The predicted molar refractivity (Wildman–Crippen MR) is 153 cm³/mol. The van der Waals surface area contributed by atoms with Crippen molar-refractivity contribution in [3.63, 3.8) is 0 Å². The van der Waals surface area contributed by atoms with E-state index >= 15 is 0 Å². The maximum absolute atomic E-state index is 12.9. The van der Waals surface area contributed by atoms with Gasteiger partial charge in [0, 0.05) is 79.0 Å². The summed E-state index contributed by atoms with van der Waals surface area (Å²) in [6.07, 6.45) is 0. The Morgan fingerprint density at radius 3 is 2.35 bits per heavy atom. The Morgan fingerprint density at radius 1 is 0.925 bits per heavy atom. The number of carbonyl (C=O) groups is 2. The molecule has 0 bridgehead atoms. The molecule has 0 saturated carbocycles. The Kier molecular flexibility index (Phi) is 9.35. The highest BCUT2D eigenvalue weighted by Gasteiger charge is 2.25.